The van der Waals surface area contributed by atoms with Crippen LogP contribution in [0.5, 0.6) is 0 Å². The maximum Gasteiger partial charge on any atom is 0.356 e. The molecule has 0 radical (unpaired) electrons. The summed E-state index contributed by atoms with van der Waals surface area (Å²) in [7, 11) is 0. The van der Waals surface area contributed by atoms with Crippen molar-refractivity contribution in [3.05, 3.63) is 39.6 Å². The molecule has 1 aliphatic rings. The van der Waals surface area contributed by atoms with Crippen molar-refractivity contribution in [2.45, 2.75) is 19.8 Å². The first-order valence-corrected chi connectivity index (χ1v) is 7.94. The van der Waals surface area contributed by atoms with Crippen molar-refractivity contribution in [1.29, 1.82) is 5.26 Å². The Kier molecular flexibility index (Phi) is 3.80. The molecule has 0 amide bonds. The van der Waals surface area contributed by atoms with Gasteiger partial charge < -0.3 is 9.32 Å². The number of thiophene rings is 1. The maximum atomic E-state index is 12.1. The molecule has 21 heavy (non-hydrogen) atoms. The molecule has 0 atom stereocenters. The van der Waals surface area contributed by atoms with Gasteiger partial charge in [0.15, 0.2) is 11.3 Å². The number of nitriles is 1. The number of anilines is 1. The second-order valence-electron chi connectivity index (χ2n) is 5.42. The molecule has 3 heterocycles. The Morgan fingerprint density at radius 1 is 1.43 bits per heavy atom. The summed E-state index contributed by atoms with van der Waals surface area (Å²) in [6.07, 6.45) is 2.17. The summed E-state index contributed by atoms with van der Waals surface area (Å²) in [6, 6.07) is 7.67. The van der Waals surface area contributed by atoms with E-state index < -0.39 is 5.63 Å². The van der Waals surface area contributed by atoms with E-state index in [1.165, 1.54) is 11.3 Å². The van der Waals surface area contributed by atoms with Gasteiger partial charge in [0, 0.05) is 19.2 Å². The molecule has 0 aromatic carbocycles. The third-order valence-corrected chi connectivity index (χ3v) is 4.82. The van der Waals surface area contributed by atoms with Gasteiger partial charge in [-0.25, -0.2) is 4.79 Å². The van der Waals surface area contributed by atoms with Gasteiger partial charge in [0.25, 0.3) is 0 Å². The van der Waals surface area contributed by atoms with Crippen molar-refractivity contribution in [2.75, 3.05) is 18.0 Å². The van der Waals surface area contributed by atoms with Crippen LogP contribution in [0.4, 0.5) is 5.69 Å². The van der Waals surface area contributed by atoms with E-state index >= 15 is 0 Å². The highest BCUT2D eigenvalue weighted by molar-refractivity contribution is 7.13. The minimum atomic E-state index is -0.544. The lowest BCUT2D eigenvalue weighted by molar-refractivity contribution is 0.436. The van der Waals surface area contributed by atoms with E-state index in [-0.39, 0.29) is 5.56 Å². The minimum absolute atomic E-state index is 0.116. The maximum absolute atomic E-state index is 12.1. The molecule has 1 fully saturated rings. The SMILES string of the molecule is CC1CCN(c2cc(-c3cccs3)oc(=O)c2C#N)CC1. The molecular formula is C16H16N2O2S. The third kappa shape index (κ3) is 2.72. The third-order valence-electron chi connectivity index (χ3n) is 3.93. The fourth-order valence-corrected chi connectivity index (χ4v) is 3.30. The Morgan fingerprint density at radius 2 is 2.19 bits per heavy atom. The van der Waals surface area contributed by atoms with Crippen molar-refractivity contribution in [3.8, 4) is 16.7 Å². The highest BCUT2D eigenvalue weighted by Crippen LogP contribution is 2.30. The van der Waals surface area contributed by atoms with Crippen LogP contribution in [0.15, 0.2) is 32.8 Å². The zero-order chi connectivity index (χ0) is 14.8. The number of piperidine rings is 1. The molecule has 4 nitrogen and oxygen atoms in total. The van der Waals surface area contributed by atoms with Crippen molar-refractivity contribution < 1.29 is 4.42 Å². The first kappa shape index (κ1) is 13.9. The molecule has 0 N–H and O–H groups in total. The van der Waals surface area contributed by atoms with Crippen molar-refractivity contribution >= 4 is 17.0 Å². The lowest BCUT2D eigenvalue weighted by Crippen LogP contribution is -2.34. The van der Waals surface area contributed by atoms with E-state index in [2.05, 4.69) is 11.8 Å². The highest BCUT2D eigenvalue weighted by atomic mass is 32.1. The van der Waals surface area contributed by atoms with Crippen molar-refractivity contribution in [2.24, 2.45) is 5.92 Å². The van der Waals surface area contributed by atoms with Crippen LogP contribution in [-0.2, 0) is 0 Å². The van der Waals surface area contributed by atoms with Gasteiger partial charge in [-0.1, -0.05) is 13.0 Å². The predicted molar refractivity (Wildman–Crippen MR) is 83.6 cm³/mol. The van der Waals surface area contributed by atoms with Crippen LogP contribution < -0.4 is 10.5 Å². The summed E-state index contributed by atoms with van der Waals surface area (Å²) in [5.41, 5.74) is 0.283. The van der Waals surface area contributed by atoms with Crippen LogP contribution in [0, 0.1) is 17.2 Å². The lowest BCUT2D eigenvalue weighted by atomic mass is 9.98. The molecule has 1 saturated heterocycles. The van der Waals surface area contributed by atoms with Crippen LogP contribution in [0.1, 0.15) is 25.3 Å². The Bertz CT molecular complexity index is 720. The molecule has 0 unspecified atom stereocenters. The molecule has 0 saturated carbocycles. The largest absolute Gasteiger partial charge is 0.421 e. The quantitative estimate of drug-likeness (QED) is 0.852. The Balaban J connectivity index is 2.05. The number of hydrogen-bond acceptors (Lipinski definition) is 5. The van der Waals surface area contributed by atoms with E-state index in [1.54, 1.807) is 0 Å². The number of nitrogens with zero attached hydrogens (tertiary/aromatic N) is 2. The van der Waals surface area contributed by atoms with Gasteiger partial charge in [0.1, 0.15) is 6.07 Å². The molecule has 0 bridgehead atoms. The number of hydrogen-bond donors (Lipinski definition) is 0. The second-order valence-corrected chi connectivity index (χ2v) is 6.36. The van der Waals surface area contributed by atoms with E-state index in [0.29, 0.717) is 17.4 Å². The normalized spacial score (nSPS) is 15.9. The second kappa shape index (κ2) is 5.74. The van der Waals surface area contributed by atoms with Gasteiger partial charge in [-0.05, 0) is 30.2 Å². The summed E-state index contributed by atoms with van der Waals surface area (Å²) < 4.78 is 5.30. The summed E-state index contributed by atoms with van der Waals surface area (Å²) >= 11 is 1.52. The standard InChI is InChI=1S/C16H16N2O2S/c1-11-4-6-18(7-5-11)13-9-14(15-3-2-8-21-15)20-16(19)12(13)10-17/h2-3,8-9,11H,4-7H2,1H3. The fraction of sp³-hybridized carbons (Fsp3) is 0.375. The van der Waals surface area contributed by atoms with Gasteiger partial charge in [0.05, 0.1) is 10.6 Å². The average Bonchev–Trinajstić information content (AvgIpc) is 3.01. The zero-order valence-electron chi connectivity index (χ0n) is 11.8. The van der Waals surface area contributed by atoms with Gasteiger partial charge in [-0.3, -0.25) is 0 Å². The van der Waals surface area contributed by atoms with Crippen molar-refractivity contribution in [3.63, 3.8) is 0 Å². The first-order chi connectivity index (χ1) is 10.2. The Hall–Kier alpha value is -2.06. The van der Waals surface area contributed by atoms with Gasteiger partial charge in [-0.2, -0.15) is 5.26 Å². The molecular weight excluding hydrogens is 284 g/mol. The summed E-state index contributed by atoms with van der Waals surface area (Å²) in [6.45, 7) is 3.99. The van der Waals surface area contributed by atoms with E-state index in [0.717, 1.165) is 30.8 Å². The highest BCUT2D eigenvalue weighted by Gasteiger charge is 2.22. The predicted octanol–water partition coefficient (Wildman–Crippen LogP) is 3.48. The molecule has 5 heteroatoms. The lowest BCUT2D eigenvalue weighted by Gasteiger charge is -2.32. The molecule has 108 valence electrons. The molecule has 0 spiro atoms. The monoisotopic (exact) mass is 300 g/mol. The van der Waals surface area contributed by atoms with E-state index in [1.807, 2.05) is 29.6 Å². The molecule has 2 aromatic rings. The van der Waals surface area contributed by atoms with Crippen LogP contribution in [0.25, 0.3) is 10.6 Å². The summed E-state index contributed by atoms with van der Waals surface area (Å²) in [5, 5.41) is 11.2. The minimum Gasteiger partial charge on any atom is -0.421 e. The summed E-state index contributed by atoms with van der Waals surface area (Å²) in [4.78, 5) is 15.1. The first-order valence-electron chi connectivity index (χ1n) is 7.06. The molecule has 3 rings (SSSR count). The average molecular weight is 300 g/mol. The molecule has 0 aliphatic carbocycles. The van der Waals surface area contributed by atoms with Crippen LogP contribution >= 0.6 is 11.3 Å². The van der Waals surface area contributed by atoms with Crippen LogP contribution in [0.3, 0.4) is 0 Å². The van der Waals surface area contributed by atoms with Crippen LogP contribution in [-0.4, -0.2) is 13.1 Å². The Morgan fingerprint density at radius 3 is 2.81 bits per heavy atom. The van der Waals surface area contributed by atoms with Gasteiger partial charge in [0.2, 0.25) is 0 Å². The topological polar surface area (TPSA) is 57.2 Å². The van der Waals surface area contributed by atoms with Crippen LogP contribution in [0.2, 0.25) is 0 Å². The molecule has 2 aromatic heterocycles. The van der Waals surface area contributed by atoms with Gasteiger partial charge in [-0.15, -0.1) is 11.3 Å². The smallest absolute Gasteiger partial charge is 0.356 e. The van der Waals surface area contributed by atoms with Crippen molar-refractivity contribution in [1.82, 2.24) is 0 Å². The van der Waals surface area contributed by atoms with E-state index in [4.69, 9.17) is 4.42 Å². The van der Waals surface area contributed by atoms with E-state index in [9.17, 15) is 10.1 Å². The van der Waals surface area contributed by atoms with Gasteiger partial charge >= 0.3 is 5.63 Å². The number of rotatable bonds is 2. The summed E-state index contributed by atoms with van der Waals surface area (Å²) in [5.74, 6) is 1.24. The Labute approximate surface area is 127 Å². The molecule has 1 aliphatic heterocycles. The fourth-order valence-electron chi connectivity index (χ4n) is 2.62. The zero-order valence-corrected chi connectivity index (χ0v) is 12.7.